The Bertz CT molecular complexity index is 1220. The fraction of sp³-hybridized carbons (Fsp3) is 0.174. The number of carbonyl (C=O) groups excluding carboxylic acids is 1. The van der Waals surface area contributed by atoms with Crippen molar-refractivity contribution in [3.8, 4) is 5.69 Å². The molecule has 1 aliphatic rings. The molecule has 2 heterocycles. The van der Waals surface area contributed by atoms with Gasteiger partial charge in [0.2, 0.25) is 11.3 Å². The lowest BCUT2D eigenvalue weighted by molar-refractivity contribution is -0.117. The molecule has 0 saturated carbocycles. The first-order valence-corrected chi connectivity index (χ1v) is 9.89. The number of aromatic nitrogens is 2. The number of anilines is 1. The summed E-state index contributed by atoms with van der Waals surface area (Å²) in [7, 11) is 0. The summed E-state index contributed by atoms with van der Waals surface area (Å²) in [6.45, 7) is 0.570. The number of aliphatic imine (C=N–C) groups is 1. The molecule has 7 nitrogen and oxygen atoms in total. The second kappa shape index (κ2) is 8.83. The Morgan fingerprint density at radius 1 is 1.16 bits per heavy atom. The Morgan fingerprint density at radius 3 is 2.65 bits per heavy atom. The maximum absolute atomic E-state index is 14.9. The Morgan fingerprint density at radius 2 is 1.97 bits per heavy atom. The number of amides is 1. The summed E-state index contributed by atoms with van der Waals surface area (Å²) in [5.74, 6) is -0.586. The molecule has 1 aliphatic heterocycles. The van der Waals surface area contributed by atoms with Crippen molar-refractivity contribution in [3.05, 3.63) is 82.5 Å². The number of carbonyl (C=O) groups is 1. The second-order valence-corrected chi connectivity index (χ2v) is 7.06. The van der Waals surface area contributed by atoms with Gasteiger partial charge in [-0.2, -0.15) is 5.10 Å². The molecule has 1 aromatic heterocycles. The normalized spacial score (nSPS) is 14.2. The summed E-state index contributed by atoms with van der Waals surface area (Å²) >= 11 is 0. The molecular formula is C23H20FN5O2. The van der Waals surface area contributed by atoms with Crippen LogP contribution in [0, 0.1) is 11.2 Å². The zero-order valence-electron chi connectivity index (χ0n) is 16.7. The van der Waals surface area contributed by atoms with E-state index in [0.717, 1.165) is 12.6 Å². The maximum atomic E-state index is 14.9. The van der Waals surface area contributed by atoms with Gasteiger partial charge in [-0.3, -0.25) is 14.6 Å². The third-order valence-electron chi connectivity index (χ3n) is 4.96. The highest BCUT2D eigenvalue weighted by atomic mass is 19.1. The number of rotatable bonds is 6. The van der Waals surface area contributed by atoms with E-state index in [2.05, 4.69) is 10.1 Å². The van der Waals surface area contributed by atoms with Crippen molar-refractivity contribution in [1.29, 1.82) is 5.41 Å². The third-order valence-corrected chi connectivity index (χ3v) is 4.96. The van der Waals surface area contributed by atoms with E-state index in [1.807, 2.05) is 18.2 Å². The Kier molecular flexibility index (Phi) is 5.79. The summed E-state index contributed by atoms with van der Waals surface area (Å²) in [6, 6.07) is 14.8. The van der Waals surface area contributed by atoms with Crippen LogP contribution in [0.2, 0.25) is 0 Å². The molecule has 0 aliphatic carbocycles. The minimum Gasteiger partial charge on any atom is -0.313 e. The number of para-hydroxylation sites is 1. The van der Waals surface area contributed by atoms with E-state index in [0.29, 0.717) is 30.1 Å². The number of nitrogens with zero attached hydrogens (tertiary/aromatic N) is 4. The molecule has 0 unspecified atom stereocenters. The molecule has 3 aromatic rings. The van der Waals surface area contributed by atoms with E-state index < -0.39 is 5.82 Å². The predicted molar refractivity (Wildman–Crippen MR) is 117 cm³/mol. The molecule has 2 aromatic carbocycles. The highest BCUT2D eigenvalue weighted by Crippen LogP contribution is 2.25. The molecule has 1 N–H and O–H groups in total. The summed E-state index contributed by atoms with van der Waals surface area (Å²) in [6.07, 6.45) is 3.85. The van der Waals surface area contributed by atoms with E-state index in [1.54, 1.807) is 23.1 Å². The Labute approximate surface area is 178 Å². The molecule has 1 fully saturated rings. The van der Waals surface area contributed by atoms with Crippen molar-refractivity contribution in [1.82, 2.24) is 9.78 Å². The van der Waals surface area contributed by atoms with Crippen molar-refractivity contribution in [3.63, 3.8) is 0 Å². The van der Waals surface area contributed by atoms with Crippen LogP contribution in [0.5, 0.6) is 0 Å². The monoisotopic (exact) mass is 417 g/mol. The molecule has 0 bridgehead atoms. The van der Waals surface area contributed by atoms with Crippen LogP contribution in [0.25, 0.3) is 5.69 Å². The largest absolute Gasteiger partial charge is 0.313 e. The molecule has 1 amide bonds. The van der Waals surface area contributed by atoms with Gasteiger partial charge in [0.25, 0.3) is 0 Å². The van der Waals surface area contributed by atoms with Crippen molar-refractivity contribution < 1.29 is 9.18 Å². The van der Waals surface area contributed by atoms with Gasteiger partial charge in [0.05, 0.1) is 11.4 Å². The average Bonchev–Trinajstić information content (AvgIpc) is 3.20. The molecule has 0 atom stereocenters. The van der Waals surface area contributed by atoms with Gasteiger partial charge in [-0.25, -0.2) is 9.07 Å². The lowest BCUT2D eigenvalue weighted by atomic mass is 10.2. The van der Waals surface area contributed by atoms with Crippen molar-refractivity contribution >= 4 is 29.2 Å². The van der Waals surface area contributed by atoms with Crippen molar-refractivity contribution in [2.45, 2.75) is 19.3 Å². The number of nitrogens with one attached hydrogen (secondary N) is 1. The minimum absolute atomic E-state index is 0.0238. The van der Waals surface area contributed by atoms with Crippen LogP contribution in [-0.4, -0.2) is 34.2 Å². The molecule has 8 heteroatoms. The van der Waals surface area contributed by atoms with Crippen LogP contribution in [0.4, 0.5) is 15.8 Å². The van der Waals surface area contributed by atoms with Crippen LogP contribution >= 0.6 is 0 Å². The Hall–Kier alpha value is -3.94. The molecule has 1 saturated heterocycles. The zero-order chi connectivity index (χ0) is 21.8. The van der Waals surface area contributed by atoms with E-state index in [-0.39, 0.29) is 29.1 Å². The van der Waals surface area contributed by atoms with Gasteiger partial charge in [-0.15, -0.1) is 0 Å². The van der Waals surface area contributed by atoms with Gasteiger partial charge in [0.15, 0.2) is 11.5 Å². The number of hydrogen-bond donors (Lipinski definition) is 1. The van der Waals surface area contributed by atoms with E-state index in [4.69, 9.17) is 5.41 Å². The van der Waals surface area contributed by atoms with E-state index >= 15 is 0 Å². The van der Waals surface area contributed by atoms with Crippen LogP contribution < -0.4 is 10.3 Å². The van der Waals surface area contributed by atoms with Crippen molar-refractivity contribution in [2.24, 2.45) is 4.99 Å². The first kappa shape index (κ1) is 20.3. The number of halogens is 1. The Balaban J connectivity index is 1.73. The van der Waals surface area contributed by atoms with Gasteiger partial charge in [0.1, 0.15) is 5.69 Å². The minimum atomic E-state index is -0.562. The molecule has 4 rings (SSSR count). The summed E-state index contributed by atoms with van der Waals surface area (Å²) in [5, 5.41) is 11.8. The highest BCUT2D eigenvalue weighted by molar-refractivity contribution is 6.06. The molecule has 31 heavy (non-hydrogen) atoms. The quantitative estimate of drug-likeness (QED) is 0.621. The molecule has 0 radical (unpaired) electrons. The fourth-order valence-electron chi connectivity index (χ4n) is 3.46. The van der Waals surface area contributed by atoms with Gasteiger partial charge in [-0.05, 0) is 36.8 Å². The third kappa shape index (κ3) is 4.32. The topological polar surface area (TPSA) is 91.4 Å². The second-order valence-electron chi connectivity index (χ2n) is 7.06. The maximum Gasteiger partial charge on any atom is 0.227 e. The molecular weight excluding hydrogens is 397 g/mol. The summed E-state index contributed by atoms with van der Waals surface area (Å²) in [4.78, 5) is 30.4. The van der Waals surface area contributed by atoms with E-state index in [1.165, 1.54) is 29.1 Å². The lowest BCUT2D eigenvalue weighted by Crippen LogP contribution is -2.24. The van der Waals surface area contributed by atoms with Crippen LogP contribution in [-0.2, 0) is 4.79 Å². The summed E-state index contributed by atoms with van der Waals surface area (Å²) in [5.41, 5.74) is 1.27. The summed E-state index contributed by atoms with van der Waals surface area (Å²) < 4.78 is 16.2. The van der Waals surface area contributed by atoms with Gasteiger partial charge in [-0.1, -0.05) is 18.2 Å². The van der Waals surface area contributed by atoms with Gasteiger partial charge in [0, 0.05) is 43.6 Å². The molecule has 0 spiro atoms. The standard InChI is InChI=1S/C23H20FN5O2/c24-18-15-17(28-13-4-7-22(28)31)8-9-20(18)29-14-11-21(30)23(27-29)19(10-12-25)26-16-5-2-1-3-6-16/h1-3,5-6,8-9,11-12,14-15,25H,4,7,10,13H2. The average molecular weight is 417 g/mol. The first-order valence-electron chi connectivity index (χ1n) is 9.89. The van der Waals surface area contributed by atoms with Crippen molar-refractivity contribution in [2.75, 3.05) is 11.4 Å². The number of hydrogen-bond acceptors (Lipinski definition) is 5. The highest BCUT2D eigenvalue weighted by Gasteiger charge is 2.23. The fourth-order valence-corrected chi connectivity index (χ4v) is 3.46. The zero-order valence-corrected chi connectivity index (χ0v) is 16.7. The lowest BCUT2D eigenvalue weighted by Gasteiger charge is -2.17. The van der Waals surface area contributed by atoms with Crippen LogP contribution in [0.15, 0.2) is 70.6 Å². The van der Waals surface area contributed by atoms with E-state index in [9.17, 15) is 14.0 Å². The smallest absolute Gasteiger partial charge is 0.227 e. The predicted octanol–water partition coefficient (Wildman–Crippen LogP) is 3.66. The van der Waals surface area contributed by atoms with Gasteiger partial charge < -0.3 is 10.3 Å². The first-order chi connectivity index (χ1) is 15.1. The van der Waals surface area contributed by atoms with Crippen LogP contribution in [0.1, 0.15) is 25.0 Å². The SMILES string of the molecule is N=CCC(=Nc1ccccc1)c1nn(-c2ccc(N3CCCC3=O)cc2F)ccc1=O. The van der Waals surface area contributed by atoms with Crippen LogP contribution in [0.3, 0.4) is 0 Å². The molecule has 156 valence electrons. The van der Waals surface area contributed by atoms with Gasteiger partial charge >= 0.3 is 0 Å². The number of benzene rings is 2.